The average Bonchev–Trinajstić information content (AvgIpc) is 2.14. The van der Waals surface area contributed by atoms with Gasteiger partial charge >= 0.3 is 0 Å². The van der Waals surface area contributed by atoms with Crippen LogP contribution in [0.25, 0.3) is 0 Å². The monoisotopic (exact) mass is 258 g/mol. The Kier molecular flexibility index (Phi) is 3.88. The van der Waals surface area contributed by atoms with E-state index >= 15 is 0 Å². The second-order valence-corrected chi connectivity index (χ2v) is 3.53. The maximum atomic E-state index is 9.57. The molecule has 76 valence electrons. The summed E-state index contributed by atoms with van der Waals surface area (Å²) >= 11 is 3.20. The highest BCUT2D eigenvalue weighted by Gasteiger charge is 2.08. The number of ether oxygens (including phenoxy) is 1. The van der Waals surface area contributed by atoms with Gasteiger partial charge in [-0.1, -0.05) is 0 Å². The van der Waals surface area contributed by atoms with E-state index in [0.29, 0.717) is 23.4 Å². The summed E-state index contributed by atoms with van der Waals surface area (Å²) in [5.41, 5.74) is 7.57. The van der Waals surface area contributed by atoms with Gasteiger partial charge in [-0.05, 0) is 40.5 Å². The molecule has 0 aliphatic rings. The van der Waals surface area contributed by atoms with Crippen molar-refractivity contribution in [3.63, 3.8) is 0 Å². The van der Waals surface area contributed by atoms with Gasteiger partial charge in [-0.15, -0.1) is 0 Å². The van der Waals surface area contributed by atoms with E-state index in [0.717, 1.165) is 5.56 Å². The van der Waals surface area contributed by atoms with Crippen LogP contribution >= 0.6 is 15.9 Å². The van der Waals surface area contributed by atoms with Crippen LogP contribution in [0, 0.1) is 5.53 Å². The van der Waals surface area contributed by atoms with Gasteiger partial charge in [-0.2, -0.15) is 5.11 Å². The zero-order valence-electron chi connectivity index (χ0n) is 7.75. The zero-order chi connectivity index (χ0) is 10.6. The third kappa shape index (κ3) is 2.45. The molecular weight excluding hydrogens is 248 g/mol. The third-order valence-electron chi connectivity index (χ3n) is 1.65. The lowest BCUT2D eigenvalue weighted by Gasteiger charge is -2.08. The molecule has 5 heteroatoms. The quantitative estimate of drug-likeness (QED) is 0.816. The number of nitrogens with one attached hydrogen (secondary N) is 1. The van der Waals surface area contributed by atoms with Gasteiger partial charge in [0, 0.05) is 0 Å². The van der Waals surface area contributed by atoms with Crippen molar-refractivity contribution in [1.29, 1.82) is 5.53 Å². The lowest BCUT2D eigenvalue weighted by atomic mass is 10.2. The number of hydrogen-bond donors (Lipinski definition) is 2. The van der Waals surface area contributed by atoms with Gasteiger partial charge < -0.3 is 9.84 Å². The van der Waals surface area contributed by atoms with Crippen molar-refractivity contribution in [2.45, 2.75) is 13.5 Å². The van der Waals surface area contributed by atoms with E-state index in [1.165, 1.54) is 0 Å². The Balaban J connectivity index is 3.06. The van der Waals surface area contributed by atoms with Crippen LogP contribution in [0.15, 0.2) is 21.7 Å². The first kappa shape index (κ1) is 11.0. The van der Waals surface area contributed by atoms with Gasteiger partial charge in [0.2, 0.25) is 0 Å². The van der Waals surface area contributed by atoms with Crippen LogP contribution in [0.3, 0.4) is 0 Å². The van der Waals surface area contributed by atoms with Gasteiger partial charge in [0.25, 0.3) is 0 Å². The maximum absolute atomic E-state index is 9.57. The Morgan fingerprint density at radius 1 is 1.57 bits per heavy atom. The first-order valence-electron chi connectivity index (χ1n) is 4.16. The summed E-state index contributed by atoms with van der Waals surface area (Å²) in [5.74, 6) is 0.501. The topological polar surface area (TPSA) is 65.7 Å². The molecule has 0 aliphatic carbocycles. The minimum atomic E-state index is 0.0839. The summed E-state index contributed by atoms with van der Waals surface area (Å²) in [6.07, 6.45) is 0. The molecule has 0 bridgehead atoms. The summed E-state index contributed by atoms with van der Waals surface area (Å²) in [5, 5.41) is 12.8. The fourth-order valence-corrected chi connectivity index (χ4v) is 1.56. The molecule has 0 unspecified atom stereocenters. The third-order valence-corrected chi connectivity index (χ3v) is 2.25. The van der Waals surface area contributed by atoms with E-state index in [2.05, 4.69) is 21.0 Å². The van der Waals surface area contributed by atoms with Crippen molar-refractivity contribution in [2.24, 2.45) is 5.11 Å². The number of hydrogen-bond acceptors (Lipinski definition) is 4. The molecule has 0 aliphatic heterocycles. The summed E-state index contributed by atoms with van der Waals surface area (Å²) in [6, 6.07) is 3.40. The van der Waals surface area contributed by atoms with Crippen LogP contribution < -0.4 is 4.74 Å². The normalized spacial score (nSPS) is 9.86. The van der Waals surface area contributed by atoms with E-state index in [-0.39, 0.29) is 5.75 Å². The van der Waals surface area contributed by atoms with Crippen molar-refractivity contribution < 1.29 is 9.84 Å². The lowest BCUT2D eigenvalue weighted by Crippen LogP contribution is -1.93. The molecule has 1 aromatic carbocycles. The Labute approximate surface area is 90.5 Å². The molecule has 4 nitrogen and oxygen atoms in total. The van der Waals surface area contributed by atoms with Crippen LogP contribution in [0.1, 0.15) is 12.5 Å². The molecule has 2 N–H and O–H groups in total. The largest absolute Gasteiger partial charge is 0.503 e. The maximum Gasteiger partial charge on any atom is 0.172 e. The number of phenolic OH excluding ortho intramolecular Hbond substituents is 1. The Morgan fingerprint density at radius 2 is 2.29 bits per heavy atom. The van der Waals surface area contributed by atoms with Crippen molar-refractivity contribution >= 4 is 15.9 Å². The van der Waals surface area contributed by atoms with Crippen molar-refractivity contribution in [2.75, 3.05) is 6.61 Å². The first-order valence-corrected chi connectivity index (χ1v) is 4.95. The number of halogens is 1. The van der Waals surface area contributed by atoms with Crippen LogP contribution in [-0.2, 0) is 6.54 Å². The summed E-state index contributed by atoms with van der Waals surface area (Å²) < 4.78 is 5.78. The molecule has 0 atom stereocenters. The van der Waals surface area contributed by atoms with Gasteiger partial charge in [-0.25, -0.2) is 5.53 Å². The average molecular weight is 259 g/mol. The molecule has 1 aromatic rings. The van der Waals surface area contributed by atoms with Crippen LogP contribution in [0.4, 0.5) is 0 Å². The van der Waals surface area contributed by atoms with Crippen LogP contribution in [-0.4, -0.2) is 11.7 Å². The molecule has 0 spiro atoms. The highest BCUT2D eigenvalue weighted by Crippen LogP contribution is 2.35. The molecule has 0 fully saturated rings. The van der Waals surface area contributed by atoms with Crippen molar-refractivity contribution in [3.8, 4) is 11.5 Å². The summed E-state index contributed by atoms with van der Waals surface area (Å²) in [6.45, 7) is 2.62. The minimum Gasteiger partial charge on any atom is -0.503 e. The van der Waals surface area contributed by atoms with Crippen LogP contribution in [0.2, 0.25) is 0 Å². The smallest absolute Gasteiger partial charge is 0.172 e. The van der Waals surface area contributed by atoms with E-state index in [9.17, 15) is 5.11 Å². The molecule has 0 heterocycles. The van der Waals surface area contributed by atoms with Gasteiger partial charge in [0.15, 0.2) is 11.5 Å². The van der Waals surface area contributed by atoms with E-state index in [4.69, 9.17) is 10.3 Å². The number of aromatic hydroxyl groups is 1. The molecule has 0 radical (unpaired) electrons. The van der Waals surface area contributed by atoms with Gasteiger partial charge in [0.1, 0.15) is 0 Å². The van der Waals surface area contributed by atoms with Gasteiger partial charge in [-0.3, -0.25) is 0 Å². The zero-order valence-corrected chi connectivity index (χ0v) is 9.34. The molecular formula is C9H11BrN2O2. The highest BCUT2D eigenvalue weighted by molar-refractivity contribution is 9.10. The highest BCUT2D eigenvalue weighted by atomic mass is 79.9. The van der Waals surface area contributed by atoms with Crippen LogP contribution in [0.5, 0.6) is 11.5 Å². The van der Waals surface area contributed by atoms with Gasteiger partial charge in [0.05, 0.1) is 17.6 Å². The predicted octanol–water partition coefficient (Wildman–Crippen LogP) is 3.08. The molecule has 14 heavy (non-hydrogen) atoms. The van der Waals surface area contributed by atoms with Crippen molar-refractivity contribution in [1.82, 2.24) is 0 Å². The van der Waals surface area contributed by atoms with E-state index in [1.54, 1.807) is 12.1 Å². The standard InChI is InChI=1S/C9H11BrN2O2/c1-2-14-8-4-6(5-12-11)3-7(10)9(8)13/h3-4,11,13H,2,5H2,1H3. The molecule has 0 saturated heterocycles. The van der Waals surface area contributed by atoms with Crippen molar-refractivity contribution in [3.05, 3.63) is 22.2 Å². The first-order chi connectivity index (χ1) is 6.69. The van der Waals surface area contributed by atoms with E-state index in [1.807, 2.05) is 6.92 Å². The Morgan fingerprint density at radius 3 is 2.86 bits per heavy atom. The molecule has 0 aromatic heterocycles. The number of phenols is 1. The Bertz CT molecular complexity index is 342. The minimum absolute atomic E-state index is 0.0839. The second-order valence-electron chi connectivity index (χ2n) is 2.67. The lowest BCUT2D eigenvalue weighted by molar-refractivity contribution is 0.317. The molecule has 0 amide bonds. The number of rotatable bonds is 4. The molecule has 1 rings (SSSR count). The SMILES string of the molecule is CCOc1cc(CN=N)cc(Br)c1O. The Hall–Kier alpha value is -1.10. The fraction of sp³-hybridized carbons (Fsp3) is 0.333. The predicted molar refractivity (Wildman–Crippen MR) is 55.8 cm³/mol. The number of nitrogens with zero attached hydrogens (tertiary/aromatic N) is 1. The second kappa shape index (κ2) is 4.95. The number of benzene rings is 1. The molecule has 0 saturated carbocycles. The summed E-state index contributed by atoms with van der Waals surface area (Å²) in [7, 11) is 0. The summed E-state index contributed by atoms with van der Waals surface area (Å²) in [4.78, 5) is 0. The fourth-order valence-electron chi connectivity index (χ4n) is 1.08. The van der Waals surface area contributed by atoms with E-state index < -0.39 is 0 Å².